The lowest BCUT2D eigenvalue weighted by atomic mass is 9.99. The number of allylic oxidation sites excluding steroid dienone is 1. The van der Waals surface area contributed by atoms with Crippen LogP contribution in [0, 0.1) is 5.92 Å². The first-order valence-electron chi connectivity index (χ1n) is 12.1. The van der Waals surface area contributed by atoms with Gasteiger partial charge in [-0.3, -0.25) is 4.79 Å². The summed E-state index contributed by atoms with van der Waals surface area (Å²) in [4.78, 5) is 17.5. The van der Waals surface area contributed by atoms with Gasteiger partial charge in [0.2, 0.25) is 0 Å². The van der Waals surface area contributed by atoms with E-state index in [9.17, 15) is 9.90 Å². The molecular weight excluding hydrogens is 468 g/mol. The van der Waals surface area contributed by atoms with E-state index in [1.807, 2.05) is 68.4 Å². The highest BCUT2D eigenvalue weighted by atomic mass is 32.1. The standard InChI is InChI=1S/C30H28N2O3S/c1-19(2)26(18-27(33)34)31-30-32-28(29(36-30)25-13-7-9-20-8-6-12-24(20)25)21-14-16-23(17-15-21)35-22-10-4-3-5-11-22/h3-7,9-17,19,26H,8,18H2,1-2H3,(H,31,32)(H,33,34). The van der Waals surface area contributed by atoms with Gasteiger partial charge < -0.3 is 15.2 Å². The third-order valence-electron chi connectivity index (χ3n) is 6.31. The van der Waals surface area contributed by atoms with Crippen LogP contribution >= 0.6 is 11.3 Å². The summed E-state index contributed by atoms with van der Waals surface area (Å²) >= 11 is 1.57. The van der Waals surface area contributed by atoms with E-state index in [2.05, 4.69) is 35.7 Å². The molecular formula is C30H28N2O3S. The number of benzene rings is 3. The van der Waals surface area contributed by atoms with Gasteiger partial charge in [-0.05, 0) is 59.9 Å². The van der Waals surface area contributed by atoms with Gasteiger partial charge in [0, 0.05) is 17.2 Å². The van der Waals surface area contributed by atoms with E-state index in [1.165, 1.54) is 11.1 Å². The molecule has 36 heavy (non-hydrogen) atoms. The second kappa shape index (κ2) is 10.4. The van der Waals surface area contributed by atoms with Crippen molar-refractivity contribution in [1.82, 2.24) is 4.98 Å². The van der Waals surface area contributed by atoms with Gasteiger partial charge in [-0.15, -0.1) is 0 Å². The molecule has 1 atom stereocenters. The average Bonchev–Trinajstić information content (AvgIpc) is 3.52. The highest BCUT2D eigenvalue weighted by Crippen LogP contribution is 2.43. The van der Waals surface area contributed by atoms with Crippen molar-refractivity contribution in [2.45, 2.75) is 32.7 Å². The van der Waals surface area contributed by atoms with E-state index in [0.717, 1.165) is 44.7 Å². The van der Waals surface area contributed by atoms with Crippen molar-refractivity contribution in [1.29, 1.82) is 0 Å². The largest absolute Gasteiger partial charge is 0.481 e. The molecule has 1 aliphatic rings. The van der Waals surface area contributed by atoms with Crippen LogP contribution in [0.3, 0.4) is 0 Å². The molecule has 5 nitrogen and oxygen atoms in total. The number of hydrogen-bond donors (Lipinski definition) is 2. The van der Waals surface area contributed by atoms with E-state index in [1.54, 1.807) is 11.3 Å². The van der Waals surface area contributed by atoms with Crippen LogP contribution in [0.15, 0.2) is 78.9 Å². The Hall–Kier alpha value is -3.90. The third-order valence-corrected chi connectivity index (χ3v) is 7.33. The molecule has 2 N–H and O–H groups in total. The number of nitrogens with zero attached hydrogens (tertiary/aromatic N) is 1. The summed E-state index contributed by atoms with van der Waals surface area (Å²) in [5, 5.41) is 13.5. The second-order valence-corrected chi connectivity index (χ2v) is 10.2. The molecule has 0 saturated heterocycles. The summed E-state index contributed by atoms with van der Waals surface area (Å²) in [7, 11) is 0. The molecule has 0 amide bonds. The number of aromatic nitrogens is 1. The lowest BCUT2D eigenvalue weighted by molar-refractivity contribution is -0.137. The second-order valence-electron chi connectivity index (χ2n) is 9.21. The molecule has 0 fully saturated rings. The molecule has 1 heterocycles. The molecule has 0 bridgehead atoms. The topological polar surface area (TPSA) is 71.5 Å². The maximum Gasteiger partial charge on any atom is 0.305 e. The molecule has 1 aliphatic carbocycles. The number of anilines is 1. The fourth-order valence-electron chi connectivity index (χ4n) is 4.36. The number of para-hydroxylation sites is 1. The van der Waals surface area contributed by atoms with Crippen LogP contribution in [0.4, 0.5) is 5.13 Å². The maximum absolute atomic E-state index is 11.4. The minimum absolute atomic E-state index is 0.0386. The molecule has 5 rings (SSSR count). The smallest absolute Gasteiger partial charge is 0.305 e. The van der Waals surface area contributed by atoms with Crippen LogP contribution in [-0.4, -0.2) is 22.1 Å². The predicted octanol–water partition coefficient (Wildman–Crippen LogP) is 7.75. The van der Waals surface area contributed by atoms with Crippen molar-refractivity contribution in [3.05, 3.63) is 90.0 Å². The summed E-state index contributed by atoms with van der Waals surface area (Å²) in [5.41, 5.74) is 5.53. The number of hydrogen-bond acceptors (Lipinski definition) is 5. The number of carboxylic acids is 1. The van der Waals surface area contributed by atoms with Crippen molar-refractivity contribution >= 4 is 28.5 Å². The van der Waals surface area contributed by atoms with Gasteiger partial charge in [0.15, 0.2) is 5.13 Å². The molecule has 4 aromatic rings. The van der Waals surface area contributed by atoms with Crippen LogP contribution in [0.2, 0.25) is 0 Å². The number of ether oxygens (including phenoxy) is 1. The van der Waals surface area contributed by atoms with Crippen molar-refractivity contribution in [2.24, 2.45) is 5.92 Å². The number of carboxylic acid groups (broad SMARTS) is 1. The minimum Gasteiger partial charge on any atom is -0.481 e. The van der Waals surface area contributed by atoms with Gasteiger partial charge >= 0.3 is 5.97 Å². The van der Waals surface area contributed by atoms with Gasteiger partial charge in [-0.25, -0.2) is 4.98 Å². The Morgan fingerprint density at radius 1 is 1.03 bits per heavy atom. The SMILES string of the molecule is CC(C)C(CC(=O)O)Nc1nc(-c2ccc(Oc3ccccc3)cc2)c(-c2cccc3c2C=CC3)s1. The number of nitrogens with one attached hydrogen (secondary N) is 1. The van der Waals surface area contributed by atoms with Crippen LogP contribution in [0.25, 0.3) is 27.8 Å². The summed E-state index contributed by atoms with van der Waals surface area (Å²) in [6.45, 7) is 4.05. The van der Waals surface area contributed by atoms with Gasteiger partial charge in [-0.2, -0.15) is 0 Å². The molecule has 1 unspecified atom stereocenters. The predicted molar refractivity (Wildman–Crippen MR) is 147 cm³/mol. The molecule has 0 saturated carbocycles. The average molecular weight is 497 g/mol. The van der Waals surface area contributed by atoms with Crippen LogP contribution in [0.5, 0.6) is 11.5 Å². The van der Waals surface area contributed by atoms with E-state index >= 15 is 0 Å². The first-order valence-corrected chi connectivity index (χ1v) is 12.9. The Morgan fingerprint density at radius 3 is 2.50 bits per heavy atom. The fraction of sp³-hybridized carbons (Fsp3) is 0.200. The van der Waals surface area contributed by atoms with E-state index in [0.29, 0.717) is 0 Å². The molecule has 1 aromatic heterocycles. The lowest BCUT2D eigenvalue weighted by Crippen LogP contribution is -2.28. The number of aliphatic carboxylic acids is 1. The summed E-state index contributed by atoms with van der Waals surface area (Å²) in [6.07, 6.45) is 5.34. The molecule has 3 aromatic carbocycles. The van der Waals surface area contributed by atoms with E-state index in [4.69, 9.17) is 9.72 Å². The van der Waals surface area contributed by atoms with Crippen molar-refractivity contribution in [3.8, 4) is 33.2 Å². The molecule has 0 aliphatic heterocycles. The number of fused-ring (bicyclic) bond motifs is 1. The summed E-state index contributed by atoms with van der Waals surface area (Å²) in [5.74, 6) is 0.870. The monoisotopic (exact) mass is 496 g/mol. The normalized spacial score (nSPS) is 13.0. The van der Waals surface area contributed by atoms with Crippen LogP contribution in [0.1, 0.15) is 31.4 Å². The number of rotatable bonds is 9. The lowest BCUT2D eigenvalue weighted by Gasteiger charge is -2.19. The summed E-state index contributed by atoms with van der Waals surface area (Å²) < 4.78 is 5.97. The zero-order valence-electron chi connectivity index (χ0n) is 20.3. The van der Waals surface area contributed by atoms with Gasteiger partial charge in [0.05, 0.1) is 17.0 Å². The Kier molecular flexibility index (Phi) is 6.87. The first kappa shape index (κ1) is 23.8. The van der Waals surface area contributed by atoms with Crippen molar-refractivity contribution < 1.29 is 14.6 Å². The Bertz CT molecular complexity index is 1390. The molecule has 182 valence electrons. The number of thiazole rings is 1. The summed E-state index contributed by atoms with van der Waals surface area (Å²) in [6, 6.07) is 23.8. The maximum atomic E-state index is 11.4. The van der Waals surface area contributed by atoms with E-state index < -0.39 is 5.97 Å². The number of carbonyl (C=O) groups is 1. The van der Waals surface area contributed by atoms with Gasteiger partial charge in [0.1, 0.15) is 11.5 Å². The van der Waals surface area contributed by atoms with Crippen molar-refractivity contribution in [2.75, 3.05) is 5.32 Å². The third kappa shape index (κ3) is 5.19. The fourth-order valence-corrected chi connectivity index (χ4v) is 5.44. The zero-order valence-corrected chi connectivity index (χ0v) is 21.1. The van der Waals surface area contributed by atoms with Gasteiger partial charge in [0.25, 0.3) is 0 Å². The highest BCUT2D eigenvalue weighted by molar-refractivity contribution is 7.19. The molecule has 6 heteroatoms. The molecule has 0 spiro atoms. The zero-order chi connectivity index (χ0) is 25.1. The minimum atomic E-state index is -0.821. The quantitative estimate of drug-likeness (QED) is 0.248. The Balaban J connectivity index is 1.52. The van der Waals surface area contributed by atoms with Crippen LogP contribution < -0.4 is 10.1 Å². The van der Waals surface area contributed by atoms with Crippen molar-refractivity contribution in [3.63, 3.8) is 0 Å². The Labute approximate surface area is 215 Å². The van der Waals surface area contributed by atoms with E-state index in [-0.39, 0.29) is 18.4 Å². The molecule has 0 radical (unpaired) electrons. The van der Waals surface area contributed by atoms with Crippen LogP contribution in [-0.2, 0) is 11.2 Å². The van der Waals surface area contributed by atoms with Gasteiger partial charge in [-0.1, -0.05) is 73.7 Å². The Morgan fingerprint density at radius 2 is 1.78 bits per heavy atom. The first-order chi connectivity index (χ1) is 17.5. The highest BCUT2D eigenvalue weighted by Gasteiger charge is 2.23.